The van der Waals surface area contributed by atoms with E-state index in [2.05, 4.69) is 134 Å². The third-order valence-electron chi connectivity index (χ3n) is 22.6. The second-order valence-corrected chi connectivity index (χ2v) is 42.7. The molecule has 0 amide bonds. The maximum atomic E-state index is 13.6. The van der Waals surface area contributed by atoms with Crippen LogP contribution in [0.2, 0.25) is 0 Å². The first-order chi connectivity index (χ1) is 57.3. The summed E-state index contributed by atoms with van der Waals surface area (Å²) in [6.45, 7) is 23.7. The molecule has 8 aromatic heterocycles. The molecule has 5 saturated heterocycles. The number of rotatable bonds is 17. The lowest BCUT2D eigenvalue weighted by atomic mass is 10.1. The van der Waals surface area contributed by atoms with Crippen LogP contribution in [0.3, 0.4) is 0 Å². The van der Waals surface area contributed by atoms with Crippen molar-refractivity contribution in [3.05, 3.63) is 143 Å². The second kappa shape index (κ2) is 38.0. The number of hydrogen-bond donors (Lipinski definition) is 0. The number of hydrogen-bond acceptors (Lipinski definition) is 29. The van der Waals surface area contributed by atoms with Crippen molar-refractivity contribution in [3.63, 3.8) is 0 Å². The highest BCUT2D eigenvalue weighted by atomic mass is 32.2. The normalized spacial score (nSPS) is 21.6. The summed E-state index contributed by atoms with van der Waals surface area (Å²) in [4.78, 5) is 65.1. The average molecular weight is 1710 g/mol. The number of ether oxygens (including phenoxy) is 5. The number of nitrogens with zero attached hydrogens (tertiary/aromatic N) is 20. The molecule has 4 unspecified atom stereocenters. The van der Waals surface area contributed by atoms with Crippen molar-refractivity contribution in [3.8, 4) is 45.6 Å². The highest BCUT2D eigenvalue weighted by Gasteiger charge is 2.32. The van der Waals surface area contributed by atoms with Crippen LogP contribution in [0.5, 0.6) is 0 Å². The Morgan fingerprint density at radius 3 is 1.02 bits per heavy atom. The van der Waals surface area contributed by atoms with E-state index in [1.165, 1.54) is 0 Å². The van der Waals surface area contributed by atoms with Crippen molar-refractivity contribution < 1.29 is 40.5 Å². The monoisotopic (exact) mass is 1710 g/mol. The number of aromatic nitrogens is 12. The van der Waals surface area contributed by atoms with Gasteiger partial charge in [0.2, 0.25) is 0 Å². The minimum atomic E-state index is -2.47. The zero-order valence-electron chi connectivity index (χ0n) is 69.8. The van der Waals surface area contributed by atoms with Crippen molar-refractivity contribution in [2.75, 3.05) is 148 Å². The summed E-state index contributed by atoms with van der Waals surface area (Å²) in [5.74, 6) is 9.09. The van der Waals surface area contributed by atoms with Gasteiger partial charge in [-0.2, -0.15) is 17.5 Å². The van der Waals surface area contributed by atoms with Gasteiger partial charge in [-0.05, 0) is 83.6 Å². The van der Waals surface area contributed by atoms with E-state index in [1.54, 1.807) is 49.8 Å². The minimum Gasteiger partial charge on any atom is -0.381 e. The maximum absolute atomic E-state index is 13.6. The number of morpholine rings is 4. The van der Waals surface area contributed by atoms with Crippen LogP contribution in [0.1, 0.15) is 127 Å². The lowest BCUT2D eigenvalue weighted by Crippen LogP contribution is -2.44. The fraction of sp³-hybridized carbons (Fsp3) is 0.494. The summed E-state index contributed by atoms with van der Waals surface area (Å²) in [6.07, 6.45) is 37.8. The Morgan fingerprint density at radius 1 is 0.408 bits per heavy atom. The van der Waals surface area contributed by atoms with Gasteiger partial charge in [-0.1, -0.05) is 76.8 Å². The molecular formula is C87H112N20O9S4. The molecule has 8 atom stereocenters. The Morgan fingerprint density at radius 2 is 0.717 bits per heavy atom. The molecule has 0 aromatic carbocycles. The number of anilines is 4. The van der Waals surface area contributed by atoms with Crippen LogP contribution in [0, 0.1) is 5.92 Å². The smallest absolute Gasteiger partial charge is 0.167 e. The van der Waals surface area contributed by atoms with E-state index in [4.69, 9.17) is 62.9 Å². The zero-order valence-corrected chi connectivity index (χ0v) is 73.1. The van der Waals surface area contributed by atoms with Gasteiger partial charge in [-0.3, -0.25) is 19.9 Å². The lowest BCUT2D eigenvalue weighted by molar-refractivity contribution is 0.0985. The largest absolute Gasteiger partial charge is 0.381 e. The molecule has 18 rings (SSSR count). The molecule has 10 aliphatic rings. The van der Waals surface area contributed by atoms with Gasteiger partial charge in [0.15, 0.2) is 46.6 Å². The van der Waals surface area contributed by atoms with E-state index in [0.717, 1.165) is 168 Å². The summed E-state index contributed by atoms with van der Waals surface area (Å²) in [5.41, 5.74) is 12.0. The molecule has 8 aromatic rings. The molecule has 6 fully saturated rings. The van der Waals surface area contributed by atoms with E-state index < -0.39 is 38.9 Å². The van der Waals surface area contributed by atoms with Gasteiger partial charge in [0, 0.05) is 206 Å². The third-order valence-corrected chi connectivity index (χ3v) is 30.5. The maximum Gasteiger partial charge on any atom is 0.167 e. The van der Waals surface area contributed by atoms with E-state index in [0.29, 0.717) is 130 Å². The van der Waals surface area contributed by atoms with E-state index in [1.807, 2.05) is 69.3 Å². The first kappa shape index (κ1) is 87.0. The van der Waals surface area contributed by atoms with E-state index >= 15 is 0 Å². The Labute approximate surface area is 707 Å². The second-order valence-electron chi connectivity index (χ2n) is 32.2. The summed E-state index contributed by atoms with van der Waals surface area (Å²) in [7, 11) is -9.54. The first-order valence-electron chi connectivity index (χ1n) is 41.2. The number of pyridine rings is 4. The highest BCUT2D eigenvalue weighted by Crippen LogP contribution is 2.39. The molecule has 0 radical (unpaired) electrons. The average Bonchev–Trinajstić information content (AvgIpc) is 1.01. The molecule has 5 aliphatic heterocycles. The molecule has 29 nitrogen and oxygen atoms in total. The van der Waals surface area contributed by atoms with Crippen LogP contribution >= 0.6 is 0 Å². The van der Waals surface area contributed by atoms with Crippen molar-refractivity contribution in [2.24, 2.45) is 23.4 Å². The minimum absolute atomic E-state index is 0. The Bertz CT molecular complexity index is 5780. The lowest BCUT2D eigenvalue weighted by Gasteiger charge is -2.34. The van der Waals surface area contributed by atoms with Crippen molar-refractivity contribution in [2.45, 2.75) is 142 Å². The number of allylic oxidation sites excluding steroid dienone is 4. The first-order valence-corrected chi connectivity index (χ1v) is 49.4. The molecule has 0 bridgehead atoms. The van der Waals surface area contributed by atoms with Gasteiger partial charge in [-0.15, -0.1) is 0 Å². The zero-order chi connectivity index (χ0) is 83.2. The van der Waals surface area contributed by atoms with Gasteiger partial charge in [0.05, 0.1) is 139 Å². The molecule has 13 heterocycles. The van der Waals surface area contributed by atoms with Gasteiger partial charge in [0.1, 0.15) is 23.3 Å². The van der Waals surface area contributed by atoms with Crippen LogP contribution in [0.25, 0.3) is 69.9 Å². The van der Waals surface area contributed by atoms with Crippen molar-refractivity contribution >= 4 is 110 Å². The standard InChI is InChI=1S/C23H29N5O3S.C22H27N5O2S.C21H27N5O2S.C20H25N5O2S.CH4/c1-16-15-31-13-10-28(16)22-14-21(27-32(2,29)17-7-11-30-12-8-17)25-23(26-22)19-6-9-24-20-5-3-4-18(19)20;1-15-13-29-11-10-27(15)21-12-20(26-30(2,28)14-16-6-7-16)24-22(25-21)18-8-9-23-19-5-3-4-17(18)19;1-14(2)29(4,27)25-19-12-20(26-10-11-28-13-15(26)3)24-21(23-19)17-8-9-22-18-7-5-6-16(17)18;1-4-28(3,26)24-18-12-19(25-10-11-27-13-14(25)2)23-20(22-18)16-8-9-21-17-7-5-6-15(16)17;/h3-4,6,9,14,16-17H,5,7-8,10-13,15H2,1-2H3;3-4,8-9,12,15-16H,5-7,10-11,13-14H2,1-2H3;5-6,8-9,12,14-15H,7,10-11,13H2,1-4H3;5-6,8-9,12,14H,4,7,10-11,13H2,1-3H3;1H4/t16-,32?;15-,30?;15-,29?;14-,28?;/m1111./s1. The van der Waals surface area contributed by atoms with E-state index in [-0.39, 0.29) is 42.1 Å². The Hall–Kier alpha value is -9.32. The van der Waals surface area contributed by atoms with Crippen LogP contribution in [-0.2, 0) is 88.3 Å². The molecule has 120 heavy (non-hydrogen) atoms. The van der Waals surface area contributed by atoms with Crippen molar-refractivity contribution in [1.82, 2.24) is 59.8 Å². The van der Waals surface area contributed by atoms with Crippen LogP contribution in [0.4, 0.5) is 46.5 Å². The molecule has 0 N–H and O–H groups in total. The van der Waals surface area contributed by atoms with E-state index in [9.17, 15) is 16.8 Å². The highest BCUT2D eigenvalue weighted by molar-refractivity contribution is 7.94. The topological polar surface area (TPSA) is 332 Å². The van der Waals surface area contributed by atoms with Gasteiger partial charge < -0.3 is 43.3 Å². The molecular weight excluding hydrogens is 1600 g/mol. The predicted octanol–water partition coefficient (Wildman–Crippen LogP) is 13.9. The van der Waals surface area contributed by atoms with Gasteiger partial charge >= 0.3 is 0 Å². The summed E-state index contributed by atoms with van der Waals surface area (Å²) < 4.78 is 98.4. The number of fused-ring (bicyclic) bond motifs is 4. The predicted molar refractivity (Wildman–Crippen MR) is 481 cm³/mol. The molecule has 33 heteroatoms. The summed E-state index contributed by atoms with van der Waals surface area (Å²) >= 11 is 0. The van der Waals surface area contributed by atoms with Gasteiger partial charge in [0.25, 0.3) is 0 Å². The van der Waals surface area contributed by atoms with Crippen LogP contribution in [0.15, 0.2) is 115 Å². The summed E-state index contributed by atoms with van der Waals surface area (Å²) in [5, 5.41) is -0.0617. The van der Waals surface area contributed by atoms with Gasteiger partial charge in [-0.25, -0.2) is 56.7 Å². The van der Waals surface area contributed by atoms with Crippen LogP contribution in [-0.4, -0.2) is 240 Å². The van der Waals surface area contributed by atoms with Crippen LogP contribution < -0.4 is 19.6 Å². The van der Waals surface area contributed by atoms with Crippen molar-refractivity contribution in [1.29, 1.82) is 0 Å². The molecule has 638 valence electrons. The fourth-order valence-electron chi connectivity index (χ4n) is 15.5. The third kappa shape index (κ3) is 20.9. The Balaban J connectivity index is 0.000000131. The summed E-state index contributed by atoms with van der Waals surface area (Å²) in [6, 6.07) is 16.0. The molecule has 5 aliphatic carbocycles. The fourth-order valence-corrected chi connectivity index (χ4v) is 20.2. The Kier molecular flexibility index (Phi) is 27.6. The molecule has 0 spiro atoms. The molecule has 1 saturated carbocycles. The SMILES string of the molecule is C.CC(C)S(C)(=O)=Nc1cc(N2CCOC[C@H]2C)nc(-c2ccnc3c2C=CC3)n1.CCS(C)(=O)=Nc1cc(N2CCOC[C@H]2C)nc(-c2ccnc3c2C=CC3)n1.C[C@@H]1COCCN1c1cc(N=S(C)(=O)C2CCOCC2)nc(-c2ccnc3c2C=CC3)n1.C[C@@H]1COCCN1c1cc(N=S(C)(=O)CC2CC2)nc(-c2ccnc3c2C=CC3)n1. The quantitative estimate of drug-likeness (QED) is 0.0817.